The molecule has 1 saturated heterocycles. The lowest BCUT2D eigenvalue weighted by Gasteiger charge is -2.28. The van der Waals surface area contributed by atoms with Crippen LogP contribution in [0.2, 0.25) is 0 Å². The number of rotatable bonds is 7. The summed E-state index contributed by atoms with van der Waals surface area (Å²) in [4.78, 5) is 31.1. The van der Waals surface area contributed by atoms with Crippen LogP contribution >= 0.6 is 11.8 Å². The van der Waals surface area contributed by atoms with Gasteiger partial charge in [-0.3, -0.25) is 9.69 Å². The zero-order chi connectivity index (χ0) is 31.6. The number of halogens is 4. The summed E-state index contributed by atoms with van der Waals surface area (Å²) >= 11 is 1.27. The molecule has 1 fully saturated rings. The topological polar surface area (TPSA) is 101 Å². The van der Waals surface area contributed by atoms with Gasteiger partial charge in [-0.1, -0.05) is 42.0 Å². The summed E-state index contributed by atoms with van der Waals surface area (Å²) in [6.07, 6.45) is -2.47. The molecule has 1 atom stereocenters. The minimum atomic E-state index is -4.79. The second-order valence-electron chi connectivity index (χ2n) is 9.92. The summed E-state index contributed by atoms with van der Waals surface area (Å²) in [7, 11) is 0. The molecule has 3 amide bonds. The zero-order valence-electron chi connectivity index (χ0n) is 23.6. The number of urea groups is 1. The van der Waals surface area contributed by atoms with Crippen LogP contribution in [0.5, 0.6) is 5.75 Å². The molecule has 2 N–H and O–H groups in total. The van der Waals surface area contributed by atoms with E-state index in [1.54, 1.807) is 17.0 Å². The van der Waals surface area contributed by atoms with Crippen molar-refractivity contribution in [3.63, 3.8) is 0 Å². The molecule has 0 spiro atoms. The number of alkyl halides is 3. The SMILES string of the molecule is Cc1cc(C)c(N2C(=O)CSC2NC(=O)N/C=C(\F)c2ccc(-c3ncn(-c4ccc(OC(F)(F)F)cc4)n3)cc2)c(C)c1. The average Bonchev–Trinajstić information content (AvgIpc) is 3.59. The molecule has 1 aliphatic rings. The van der Waals surface area contributed by atoms with Gasteiger partial charge in [-0.15, -0.1) is 30.0 Å². The highest BCUT2D eigenvalue weighted by atomic mass is 32.2. The van der Waals surface area contributed by atoms with Crippen LogP contribution in [0.4, 0.5) is 28.0 Å². The second kappa shape index (κ2) is 12.4. The number of benzene rings is 3. The van der Waals surface area contributed by atoms with Gasteiger partial charge < -0.3 is 15.4 Å². The van der Waals surface area contributed by atoms with E-state index in [1.165, 1.54) is 47.0 Å². The van der Waals surface area contributed by atoms with Crippen LogP contribution in [-0.2, 0) is 4.79 Å². The maximum absolute atomic E-state index is 14.9. The summed E-state index contributed by atoms with van der Waals surface area (Å²) in [6, 6.07) is 14.5. The van der Waals surface area contributed by atoms with Gasteiger partial charge in [-0.2, -0.15) is 0 Å². The van der Waals surface area contributed by atoms with Gasteiger partial charge in [0.05, 0.1) is 17.1 Å². The van der Waals surface area contributed by atoms with Gasteiger partial charge in [0.2, 0.25) is 5.91 Å². The molecular weight excluding hydrogens is 600 g/mol. The molecule has 14 heteroatoms. The number of aromatic nitrogens is 3. The van der Waals surface area contributed by atoms with Crippen LogP contribution in [0.25, 0.3) is 22.9 Å². The number of anilines is 1. The summed E-state index contributed by atoms with van der Waals surface area (Å²) in [5.74, 6) is -0.694. The molecule has 0 aliphatic carbocycles. The molecule has 1 aromatic heterocycles. The quantitative estimate of drug-likeness (QED) is 0.231. The number of hydrogen-bond donors (Lipinski definition) is 2. The summed E-state index contributed by atoms with van der Waals surface area (Å²) in [6.45, 7) is 5.79. The lowest BCUT2D eigenvalue weighted by molar-refractivity contribution is -0.274. The molecular formula is C30H26F4N6O3S. The Kier molecular flexibility index (Phi) is 8.63. The summed E-state index contributed by atoms with van der Waals surface area (Å²) in [5.41, 5.74) is 4.19. The van der Waals surface area contributed by atoms with Crippen LogP contribution < -0.4 is 20.3 Å². The first kappa shape index (κ1) is 30.6. The van der Waals surface area contributed by atoms with Crippen LogP contribution in [0.1, 0.15) is 22.3 Å². The highest BCUT2D eigenvalue weighted by Crippen LogP contribution is 2.34. The summed E-state index contributed by atoms with van der Waals surface area (Å²) in [5, 5.41) is 9.43. The van der Waals surface area contributed by atoms with E-state index in [2.05, 4.69) is 25.5 Å². The van der Waals surface area contributed by atoms with Crippen LogP contribution in [-0.4, -0.2) is 44.3 Å². The number of thioether (sulfide) groups is 1. The minimum Gasteiger partial charge on any atom is -0.406 e. The molecule has 2 heterocycles. The molecule has 3 aromatic carbocycles. The van der Waals surface area contributed by atoms with Crippen LogP contribution in [0.15, 0.2) is 73.2 Å². The molecule has 0 saturated carbocycles. The van der Waals surface area contributed by atoms with Crippen molar-refractivity contribution < 1.29 is 31.9 Å². The van der Waals surface area contributed by atoms with Gasteiger partial charge in [0.25, 0.3) is 0 Å². The van der Waals surface area contributed by atoms with E-state index in [-0.39, 0.29) is 23.0 Å². The highest BCUT2D eigenvalue weighted by Gasteiger charge is 2.35. The molecule has 0 bridgehead atoms. The van der Waals surface area contributed by atoms with Gasteiger partial charge in [-0.25, -0.2) is 18.9 Å². The van der Waals surface area contributed by atoms with Gasteiger partial charge >= 0.3 is 12.4 Å². The molecule has 0 radical (unpaired) electrons. The number of carbonyl (C=O) groups is 2. The third-order valence-electron chi connectivity index (χ3n) is 6.57. The Morgan fingerprint density at radius 3 is 2.34 bits per heavy atom. The van der Waals surface area contributed by atoms with E-state index < -0.39 is 23.7 Å². The van der Waals surface area contributed by atoms with Gasteiger partial charge in [-0.05, 0) is 56.2 Å². The average molecular weight is 627 g/mol. The van der Waals surface area contributed by atoms with Gasteiger partial charge in [0, 0.05) is 17.3 Å². The fourth-order valence-corrected chi connectivity index (χ4v) is 5.79. The summed E-state index contributed by atoms with van der Waals surface area (Å²) < 4.78 is 57.3. The number of ether oxygens (including phenoxy) is 1. The molecule has 9 nitrogen and oxygen atoms in total. The normalized spacial score (nSPS) is 15.4. The van der Waals surface area contributed by atoms with Crippen molar-refractivity contribution in [1.82, 2.24) is 25.4 Å². The Labute approximate surface area is 253 Å². The zero-order valence-corrected chi connectivity index (χ0v) is 24.5. The minimum absolute atomic E-state index is 0.134. The van der Waals surface area contributed by atoms with Crippen molar-refractivity contribution in [3.05, 3.63) is 95.4 Å². The number of amides is 3. The number of hydrogen-bond acceptors (Lipinski definition) is 6. The third kappa shape index (κ3) is 7.02. The number of aryl methyl sites for hydroxylation is 3. The van der Waals surface area contributed by atoms with Crippen molar-refractivity contribution >= 4 is 35.2 Å². The predicted octanol–water partition coefficient (Wildman–Crippen LogP) is 6.39. The second-order valence-corrected chi connectivity index (χ2v) is 11.0. The fourth-order valence-electron chi connectivity index (χ4n) is 4.79. The van der Waals surface area contributed by atoms with E-state index >= 15 is 0 Å². The van der Waals surface area contributed by atoms with Gasteiger partial charge in [0.15, 0.2) is 11.3 Å². The molecule has 4 aromatic rings. The first-order valence-corrected chi connectivity index (χ1v) is 14.3. The van der Waals surface area contributed by atoms with E-state index in [1.807, 2.05) is 32.9 Å². The Hall–Kier alpha value is -4.85. The Balaban J connectivity index is 1.20. The smallest absolute Gasteiger partial charge is 0.406 e. The van der Waals surface area contributed by atoms with Crippen molar-refractivity contribution in [2.45, 2.75) is 32.6 Å². The third-order valence-corrected chi connectivity index (χ3v) is 7.63. The highest BCUT2D eigenvalue weighted by molar-refractivity contribution is 8.01. The van der Waals surface area contributed by atoms with Crippen LogP contribution in [0.3, 0.4) is 0 Å². The monoisotopic (exact) mass is 626 g/mol. The first-order chi connectivity index (χ1) is 20.9. The van der Waals surface area contributed by atoms with E-state index in [9.17, 15) is 27.2 Å². The Bertz CT molecular complexity index is 1700. The van der Waals surface area contributed by atoms with Gasteiger partial charge in [0.1, 0.15) is 17.9 Å². The van der Waals surface area contributed by atoms with Crippen LogP contribution in [0, 0.1) is 20.8 Å². The largest absolute Gasteiger partial charge is 0.573 e. The lowest BCUT2D eigenvalue weighted by atomic mass is 10.0. The van der Waals surface area contributed by atoms with Crippen molar-refractivity contribution in [3.8, 4) is 22.8 Å². The Morgan fingerprint density at radius 1 is 1.05 bits per heavy atom. The van der Waals surface area contributed by atoms with E-state index in [0.717, 1.165) is 40.7 Å². The number of nitrogens with zero attached hydrogens (tertiary/aromatic N) is 4. The molecule has 44 heavy (non-hydrogen) atoms. The van der Waals surface area contributed by atoms with Crippen molar-refractivity contribution in [1.29, 1.82) is 0 Å². The molecule has 228 valence electrons. The predicted molar refractivity (Wildman–Crippen MR) is 159 cm³/mol. The molecule has 5 rings (SSSR count). The molecule has 1 unspecified atom stereocenters. The molecule has 1 aliphatic heterocycles. The number of carbonyl (C=O) groups excluding carboxylic acids is 2. The van der Waals surface area contributed by atoms with E-state index in [4.69, 9.17) is 0 Å². The standard InChI is InChI=1S/C30H26F4N6O3S/c1-17-12-18(2)26(19(3)13-17)40-25(41)15-44-29(40)37-28(42)35-14-24(31)20-4-6-21(7-5-20)27-36-16-39(38-27)22-8-10-23(11-9-22)43-30(32,33)34/h4-14,16,29H,15H2,1-3H3,(H2,35,37,42)/b24-14-. The fraction of sp³-hybridized carbons (Fsp3) is 0.200. The van der Waals surface area contributed by atoms with Crippen molar-refractivity contribution in [2.24, 2.45) is 0 Å². The maximum atomic E-state index is 14.9. The van der Waals surface area contributed by atoms with Crippen molar-refractivity contribution in [2.75, 3.05) is 10.7 Å². The Morgan fingerprint density at radius 2 is 1.70 bits per heavy atom. The first-order valence-electron chi connectivity index (χ1n) is 13.2. The number of nitrogens with one attached hydrogen (secondary N) is 2. The van der Waals surface area contributed by atoms with E-state index in [0.29, 0.717) is 17.1 Å². The maximum Gasteiger partial charge on any atom is 0.573 e. The lowest BCUT2D eigenvalue weighted by Crippen LogP contribution is -2.48.